The first-order valence-corrected chi connectivity index (χ1v) is 24.6. The number of imide groups is 2. The molecule has 0 saturated heterocycles. The molecule has 3 heterocycles. The Morgan fingerprint density at radius 1 is 0.492 bits per heavy atom. The van der Waals surface area contributed by atoms with Crippen molar-refractivity contribution in [2.24, 2.45) is 0 Å². The van der Waals surface area contributed by atoms with Crippen molar-refractivity contribution in [2.45, 2.75) is 116 Å². The van der Waals surface area contributed by atoms with E-state index in [-0.39, 0.29) is 36.2 Å². The second-order valence-electron chi connectivity index (χ2n) is 17.0. The third-order valence-electron chi connectivity index (χ3n) is 13.2. The Labute approximate surface area is 378 Å². The van der Waals surface area contributed by atoms with E-state index in [1.165, 1.54) is 56.3 Å². The van der Waals surface area contributed by atoms with Gasteiger partial charge in [-0.3, -0.25) is 29.0 Å². The molecule has 0 fully saturated rings. The summed E-state index contributed by atoms with van der Waals surface area (Å²) in [6.07, 6.45) is 15.7. The zero-order valence-electron chi connectivity index (χ0n) is 34.9. The van der Waals surface area contributed by atoms with Gasteiger partial charge in [0.15, 0.2) is 0 Å². The molecule has 0 N–H and O–H groups in total. The molecule has 312 valence electrons. The molecular formula is C52H50Br2N2O4S. The molecule has 4 amide bonds. The Morgan fingerprint density at radius 3 is 1.34 bits per heavy atom. The summed E-state index contributed by atoms with van der Waals surface area (Å²) in [5.74, 6) is -1.03. The van der Waals surface area contributed by atoms with Crippen LogP contribution in [0, 0.1) is 0 Å². The third-order valence-corrected chi connectivity index (χ3v) is 15.5. The molecule has 2 aliphatic rings. The minimum atomic E-state index is -0.321. The Bertz CT molecular complexity index is 2710. The predicted octanol–water partition coefficient (Wildman–Crippen LogP) is 15.3. The van der Waals surface area contributed by atoms with Gasteiger partial charge in [0, 0.05) is 44.6 Å². The summed E-state index contributed by atoms with van der Waals surface area (Å²) in [6.45, 7) is 4.61. The molecule has 0 saturated carbocycles. The average Bonchev–Trinajstić information content (AvgIpc) is 3.62. The van der Waals surface area contributed by atoms with Gasteiger partial charge in [-0.25, -0.2) is 0 Å². The Hall–Kier alpha value is -4.44. The van der Waals surface area contributed by atoms with Gasteiger partial charge in [-0.1, -0.05) is 139 Å². The van der Waals surface area contributed by atoms with E-state index >= 15 is 0 Å². The van der Waals surface area contributed by atoms with E-state index in [0.717, 1.165) is 95.1 Å². The number of carbonyl (C=O) groups is 4. The zero-order chi connectivity index (χ0) is 42.4. The SMILES string of the molecule is CCCCCCCCC(CCCCCCCC)N1C(=O)c2ccc3c4ccc5c6c(ccc(c7ccc(c2c37)C1=O)c64)C(=O)N(Cc1ccc(-c2cc(Br)sc2Br)cc1)C5=O. The highest BCUT2D eigenvalue weighted by Crippen LogP contribution is 2.47. The number of halogens is 2. The highest BCUT2D eigenvalue weighted by molar-refractivity contribution is 9.12. The van der Waals surface area contributed by atoms with Crippen LogP contribution in [0.2, 0.25) is 0 Å². The van der Waals surface area contributed by atoms with Gasteiger partial charge in [0.25, 0.3) is 23.6 Å². The van der Waals surface area contributed by atoms with Crippen LogP contribution in [0.25, 0.3) is 54.2 Å². The predicted molar refractivity (Wildman–Crippen MR) is 257 cm³/mol. The minimum absolute atomic E-state index is 0.130. The molecule has 0 bridgehead atoms. The normalized spacial score (nSPS) is 14.1. The van der Waals surface area contributed by atoms with Crippen molar-refractivity contribution >= 4 is 110 Å². The van der Waals surface area contributed by atoms with Crippen LogP contribution >= 0.6 is 43.2 Å². The van der Waals surface area contributed by atoms with Gasteiger partial charge in [0.2, 0.25) is 0 Å². The van der Waals surface area contributed by atoms with Crippen molar-refractivity contribution in [3.05, 3.63) is 114 Å². The first kappa shape index (κ1) is 41.9. The number of hydrogen-bond donors (Lipinski definition) is 0. The van der Waals surface area contributed by atoms with Crippen LogP contribution in [0.15, 0.2) is 86.4 Å². The molecular weight excluding hydrogens is 908 g/mol. The van der Waals surface area contributed by atoms with Crippen molar-refractivity contribution in [3.8, 4) is 11.1 Å². The lowest BCUT2D eigenvalue weighted by molar-refractivity contribution is 0.0514. The summed E-state index contributed by atoms with van der Waals surface area (Å²) in [7, 11) is 0. The maximum Gasteiger partial charge on any atom is 0.261 e. The van der Waals surface area contributed by atoms with Gasteiger partial charge >= 0.3 is 0 Å². The third kappa shape index (κ3) is 7.52. The molecule has 9 heteroatoms. The van der Waals surface area contributed by atoms with Crippen LogP contribution in [0.1, 0.15) is 151 Å². The number of unbranched alkanes of at least 4 members (excludes halogenated alkanes) is 10. The number of benzene rings is 6. The van der Waals surface area contributed by atoms with E-state index in [4.69, 9.17) is 0 Å². The molecule has 7 aromatic rings. The van der Waals surface area contributed by atoms with E-state index in [2.05, 4.69) is 51.8 Å². The maximum atomic E-state index is 14.7. The maximum absolute atomic E-state index is 14.7. The first-order valence-electron chi connectivity index (χ1n) is 22.2. The minimum Gasteiger partial charge on any atom is -0.271 e. The molecule has 1 aromatic heterocycles. The largest absolute Gasteiger partial charge is 0.271 e. The van der Waals surface area contributed by atoms with Gasteiger partial charge in [-0.2, -0.15) is 0 Å². The Kier molecular flexibility index (Phi) is 12.2. The van der Waals surface area contributed by atoms with E-state index in [0.29, 0.717) is 33.0 Å². The van der Waals surface area contributed by atoms with Crippen molar-refractivity contribution in [3.63, 3.8) is 0 Å². The summed E-state index contributed by atoms with van der Waals surface area (Å²) >= 11 is 8.82. The molecule has 9 rings (SSSR count). The van der Waals surface area contributed by atoms with E-state index in [9.17, 15) is 19.2 Å². The fourth-order valence-corrected chi connectivity index (χ4v) is 12.9. The summed E-state index contributed by atoms with van der Waals surface area (Å²) in [5.41, 5.74) is 5.12. The number of thiophene rings is 1. The van der Waals surface area contributed by atoms with Gasteiger partial charge < -0.3 is 0 Å². The molecule has 61 heavy (non-hydrogen) atoms. The van der Waals surface area contributed by atoms with Gasteiger partial charge in [-0.15, -0.1) is 11.3 Å². The number of fused-ring (bicyclic) bond motifs is 2. The molecule has 6 aromatic carbocycles. The molecule has 0 spiro atoms. The lowest BCUT2D eigenvalue weighted by atomic mass is 9.82. The second-order valence-corrected chi connectivity index (χ2v) is 20.8. The van der Waals surface area contributed by atoms with Crippen LogP contribution in [0.4, 0.5) is 0 Å². The molecule has 6 nitrogen and oxygen atoms in total. The molecule has 2 aliphatic heterocycles. The molecule has 0 atom stereocenters. The van der Waals surface area contributed by atoms with Gasteiger partial charge in [-0.05, 0) is 118 Å². The van der Waals surface area contributed by atoms with Crippen LogP contribution in [-0.2, 0) is 6.54 Å². The van der Waals surface area contributed by atoms with E-state index in [1.54, 1.807) is 16.2 Å². The van der Waals surface area contributed by atoms with Crippen LogP contribution < -0.4 is 0 Å². The summed E-state index contributed by atoms with van der Waals surface area (Å²) in [5, 5.41) is 6.72. The molecule has 0 unspecified atom stereocenters. The monoisotopic (exact) mass is 956 g/mol. The number of amides is 4. The van der Waals surface area contributed by atoms with Crippen molar-refractivity contribution in [2.75, 3.05) is 0 Å². The number of nitrogens with zero attached hydrogens (tertiary/aromatic N) is 2. The molecule has 0 aliphatic carbocycles. The van der Waals surface area contributed by atoms with Crippen LogP contribution in [0.5, 0.6) is 0 Å². The van der Waals surface area contributed by atoms with Crippen LogP contribution in [-0.4, -0.2) is 39.5 Å². The first-order chi connectivity index (χ1) is 29.7. The molecule has 0 radical (unpaired) electrons. The fraction of sp³-hybridized carbons (Fsp3) is 0.346. The fourth-order valence-electron chi connectivity index (χ4n) is 10.0. The van der Waals surface area contributed by atoms with Gasteiger partial charge in [0.05, 0.1) is 14.1 Å². The smallest absolute Gasteiger partial charge is 0.261 e. The topological polar surface area (TPSA) is 74.8 Å². The van der Waals surface area contributed by atoms with Gasteiger partial charge in [0.1, 0.15) is 0 Å². The number of hydrogen-bond acceptors (Lipinski definition) is 5. The number of carbonyl (C=O) groups excluding carboxylic acids is 4. The lowest BCUT2D eigenvalue weighted by Crippen LogP contribution is -2.47. The summed E-state index contributed by atoms with van der Waals surface area (Å²) in [4.78, 5) is 60.8. The Morgan fingerprint density at radius 2 is 0.918 bits per heavy atom. The summed E-state index contributed by atoms with van der Waals surface area (Å²) < 4.78 is 2.06. The van der Waals surface area contributed by atoms with E-state index < -0.39 is 0 Å². The quantitative estimate of drug-likeness (QED) is 0.0372. The van der Waals surface area contributed by atoms with E-state index in [1.807, 2.05) is 72.8 Å². The zero-order valence-corrected chi connectivity index (χ0v) is 38.9. The Balaban J connectivity index is 1.05. The standard InChI is InChI=1S/C52H50Br2N2O4S/c1-3-5-7-9-11-13-15-33(16-14-12-10-8-6-4-2)56-51(59)40-27-23-36-34-21-25-38-46-39(26-22-35(44(34)46)37-24-28-41(52(56)60)47(40)45(36)37)50(58)55(49(38)57)30-31-17-19-32(20-18-31)42-29-43(53)61-48(42)54/h17-29,33H,3-16,30H2,1-2H3. The number of rotatable bonds is 18. The summed E-state index contributed by atoms with van der Waals surface area (Å²) in [6, 6.07) is 25.4. The van der Waals surface area contributed by atoms with Crippen LogP contribution in [0.3, 0.4) is 0 Å². The van der Waals surface area contributed by atoms with Crippen molar-refractivity contribution in [1.29, 1.82) is 0 Å². The van der Waals surface area contributed by atoms with Crippen molar-refractivity contribution in [1.82, 2.24) is 9.80 Å². The lowest BCUT2D eigenvalue weighted by Gasteiger charge is -2.35. The van der Waals surface area contributed by atoms with Crippen molar-refractivity contribution < 1.29 is 19.2 Å². The average molecular weight is 959 g/mol. The highest BCUT2D eigenvalue weighted by atomic mass is 79.9. The highest BCUT2D eigenvalue weighted by Gasteiger charge is 2.39. The second kappa shape index (κ2) is 17.7.